The Balaban J connectivity index is 2.87. The molecule has 0 unspecified atom stereocenters. The maximum Gasteiger partial charge on any atom is 0.283 e. The Bertz CT molecular complexity index is 750. The summed E-state index contributed by atoms with van der Waals surface area (Å²) in [5.74, 6) is 0. The molecular formula is C8H7ClN2O4S2. The van der Waals surface area contributed by atoms with E-state index in [1.54, 1.807) is 0 Å². The molecule has 0 spiro atoms. The van der Waals surface area contributed by atoms with Gasteiger partial charge < -0.3 is 0 Å². The van der Waals surface area contributed by atoms with Crippen LogP contribution in [0.3, 0.4) is 0 Å². The molecule has 2 rings (SSSR count). The topological polar surface area (TPSA) is 107 Å². The lowest BCUT2D eigenvalue weighted by molar-refractivity contribution is 0.597. The van der Waals surface area contributed by atoms with Crippen LogP contribution < -0.4 is 5.14 Å². The van der Waals surface area contributed by atoms with E-state index in [1.807, 2.05) is 0 Å². The quantitative estimate of drug-likeness (QED) is 0.813. The average molecular weight is 295 g/mol. The molecule has 0 radical (unpaired) electrons. The van der Waals surface area contributed by atoms with Crippen LogP contribution in [0.4, 0.5) is 0 Å². The normalized spacial score (nSPS) is 17.7. The molecule has 9 heteroatoms. The zero-order valence-electron chi connectivity index (χ0n) is 8.51. The SMILES string of the molecule is CC1=NS(=O)(=O)c2cc(S(N)(=O)=O)c(Cl)cc21. The van der Waals surface area contributed by atoms with Crippen LogP contribution in [0, 0.1) is 0 Å². The van der Waals surface area contributed by atoms with Gasteiger partial charge in [-0.3, -0.25) is 0 Å². The molecule has 17 heavy (non-hydrogen) atoms. The maximum absolute atomic E-state index is 11.6. The zero-order chi connectivity index (χ0) is 13.0. The summed E-state index contributed by atoms with van der Waals surface area (Å²) in [4.78, 5) is -0.616. The molecule has 0 saturated carbocycles. The number of hydrogen-bond donors (Lipinski definition) is 1. The lowest BCUT2D eigenvalue weighted by atomic mass is 10.1. The van der Waals surface area contributed by atoms with E-state index in [2.05, 4.69) is 4.40 Å². The van der Waals surface area contributed by atoms with Gasteiger partial charge in [0.1, 0.15) is 4.90 Å². The Morgan fingerprint density at radius 1 is 1.35 bits per heavy atom. The highest BCUT2D eigenvalue weighted by atomic mass is 35.5. The summed E-state index contributed by atoms with van der Waals surface area (Å²) in [7, 11) is -7.92. The largest absolute Gasteiger partial charge is 0.283 e. The van der Waals surface area contributed by atoms with Crippen molar-refractivity contribution in [1.29, 1.82) is 0 Å². The fourth-order valence-electron chi connectivity index (χ4n) is 1.53. The highest BCUT2D eigenvalue weighted by Gasteiger charge is 2.29. The molecule has 0 aliphatic carbocycles. The first-order valence-corrected chi connectivity index (χ1v) is 7.67. The van der Waals surface area contributed by atoms with Gasteiger partial charge in [-0.1, -0.05) is 11.6 Å². The highest BCUT2D eigenvalue weighted by molar-refractivity contribution is 7.91. The van der Waals surface area contributed by atoms with Crippen molar-refractivity contribution in [3.63, 3.8) is 0 Å². The Hall–Kier alpha value is -0.960. The van der Waals surface area contributed by atoms with Crippen LogP contribution in [0.1, 0.15) is 12.5 Å². The molecule has 0 aromatic heterocycles. The number of nitrogens with zero attached hydrogens (tertiary/aromatic N) is 1. The third-order valence-electron chi connectivity index (χ3n) is 2.27. The molecule has 92 valence electrons. The molecule has 0 amide bonds. The van der Waals surface area contributed by atoms with Crippen molar-refractivity contribution in [1.82, 2.24) is 0 Å². The van der Waals surface area contributed by atoms with E-state index < -0.39 is 24.9 Å². The van der Waals surface area contributed by atoms with Crippen molar-refractivity contribution in [2.24, 2.45) is 9.54 Å². The lowest BCUT2D eigenvalue weighted by Crippen LogP contribution is -2.13. The summed E-state index contributed by atoms with van der Waals surface area (Å²) < 4.78 is 49.0. The molecule has 0 saturated heterocycles. The van der Waals surface area contributed by atoms with E-state index >= 15 is 0 Å². The van der Waals surface area contributed by atoms with E-state index in [-0.39, 0.29) is 15.6 Å². The van der Waals surface area contributed by atoms with Crippen molar-refractivity contribution in [3.8, 4) is 0 Å². The van der Waals surface area contributed by atoms with Gasteiger partial charge in [-0.15, -0.1) is 0 Å². The minimum atomic E-state index is -4.07. The minimum absolute atomic E-state index is 0.127. The predicted octanol–water partition coefficient (Wildman–Crippen LogP) is 0.499. The number of primary sulfonamides is 1. The van der Waals surface area contributed by atoms with Crippen LogP contribution in [0.15, 0.2) is 26.3 Å². The third kappa shape index (κ3) is 1.97. The summed E-state index contributed by atoms with van der Waals surface area (Å²) in [6.07, 6.45) is 0. The van der Waals surface area contributed by atoms with Crippen molar-refractivity contribution < 1.29 is 16.8 Å². The summed E-state index contributed by atoms with van der Waals surface area (Å²) in [5.41, 5.74) is 0.560. The number of nitrogens with two attached hydrogens (primary N) is 1. The fourth-order valence-corrected chi connectivity index (χ4v) is 4.01. The van der Waals surface area contributed by atoms with Crippen LogP contribution in [0.2, 0.25) is 5.02 Å². The summed E-state index contributed by atoms with van der Waals surface area (Å²) in [5, 5.41) is 4.80. The number of sulfonamides is 2. The maximum atomic E-state index is 11.6. The first-order chi connectivity index (χ1) is 7.63. The van der Waals surface area contributed by atoms with Gasteiger partial charge >= 0.3 is 0 Å². The molecule has 1 heterocycles. The number of rotatable bonds is 1. The predicted molar refractivity (Wildman–Crippen MR) is 62.2 cm³/mol. The van der Waals surface area contributed by atoms with Crippen molar-refractivity contribution in [2.45, 2.75) is 16.7 Å². The van der Waals surface area contributed by atoms with Crippen molar-refractivity contribution in [2.75, 3.05) is 0 Å². The summed E-state index contributed by atoms with van der Waals surface area (Å²) >= 11 is 5.74. The second-order valence-corrected chi connectivity index (χ2v) is 6.99. The van der Waals surface area contributed by atoms with Gasteiger partial charge in [0.15, 0.2) is 0 Å². The average Bonchev–Trinajstić information content (AvgIpc) is 2.34. The smallest absolute Gasteiger partial charge is 0.225 e. The van der Waals surface area contributed by atoms with E-state index in [0.29, 0.717) is 5.56 Å². The highest BCUT2D eigenvalue weighted by Crippen LogP contribution is 2.32. The van der Waals surface area contributed by atoms with Gasteiger partial charge in [-0.05, 0) is 19.1 Å². The molecular weight excluding hydrogens is 288 g/mol. The summed E-state index contributed by atoms with van der Waals surface area (Å²) in [6, 6.07) is 2.17. The monoisotopic (exact) mass is 294 g/mol. The van der Waals surface area contributed by atoms with Gasteiger partial charge in [0.2, 0.25) is 10.0 Å². The van der Waals surface area contributed by atoms with Crippen LogP contribution >= 0.6 is 11.6 Å². The Kier molecular flexibility index (Phi) is 2.58. The van der Waals surface area contributed by atoms with Gasteiger partial charge in [0.25, 0.3) is 10.0 Å². The van der Waals surface area contributed by atoms with E-state index in [4.69, 9.17) is 16.7 Å². The van der Waals surface area contributed by atoms with Gasteiger partial charge in [-0.25, -0.2) is 13.6 Å². The molecule has 1 aliphatic rings. The van der Waals surface area contributed by atoms with Crippen LogP contribution in [-0.2, 0) is 20.0 Å². The van der Waals surface area contributed by atoms with Gasteiger partial charge in [-0.2, -0.15) is 12.8 Å². The molecule has 1 aliphatic heterocycles. The molecule has 0 fully saturated rings. The molecule has 0 bridgehead atoms. The van der Waals surface area contributed by atoms with E-state index in [1.165, 1.54) is 13.0 Å². The molecule has 1 aromatic carbocycles. The molecule has 2 N–H and O–H groups in total. The van der Waals surface area contributed by atoms with Crippen molar-refractivity contribution >= 4 is 37.4 Å². The van der Waals surface area contributed by atoms with Gasteiger partial charge in [0.05, 0.1) is 15.6 Å². The first kappa shape index (κ1) is 12.5. The first-order valence-electron chi connectivity index (χ1n) is 4.31. The standard InChI is InChI=1S/C8H7ClN2O4S2/c1-4-5-2-6(9)8(16(10,12)13)3-7(5)17(14,15)11-4/h2-3H,1H3,(H2,10,12,13). The molecule has 1 aromatic rings. The number of fused-ring (bicyclic) bond motifs is 1. The van der Waals surface area contributed by atoms with Crippen LogP contribution in [0.25, 0.3) is 0 Å². The van der Waals surface area contributed by atoms with Crippen LogP contribution in [-0.4, -0.2) is 22.5 Å². The van der Waals surface area contributed by atoms with Crippen molar-refractivity contribution in [3.05, 3.63) is 22.7 Å². The second kappa shape index (κ2) is 3.52. The second-order valence-electron chi connectivity index (χ2n) is 3.48. The van der Waals surface area contributed by atoms with E-state index in [9.17, 15) is 16.8 Å². The van der Waals surface area contributed by atoms with Gasteiger partial charge in [0, 0.05) is 5.56 Å². The minimum Gasteiger partial charge on any atom is -0.225 e. The van der Waals surface area contributed by atoms with Crippen LogP contribution in [0.5, 0.6) is 0 Å². The molecule has 6 nitrogen and oxygen atoms in total. The third-order valence-corrected chi connectivity index (χ3v) is 5.05. The Labute approximate surface area is 103 Å². The Morgan fingerprint density at radius 3 is 2.47 bits per heavy atom. The molecule has 0 atom stereocenters. The zero-order valence-corrected chi connectivity index (χ0v) is 10.9. The number of halogens is 1. The number of hydrogen-bond acceptors (Lipinski definition) is 4. The number of benzene rings is 1. The Morgan fingerprint density at radius 2 is 1.94 bits per heavy atom. The fraction of sp³-hybridized carbons (Fsp3) is 0.125. The summed E-state index contributed by atoms with van der Waals surface area (Å²) in [6.45, 7) is 1.50. The van der Waals surface area contributed by atoms with E-state index in [0.717, 1.165) is 6.07 Å². The lowest BCUT2D eigenvalue weighted by Gasteiger charge is -2.05.